The van der Waals surface area contributed by atoms with Crippen LogP contribution in [0.1, 0.15) is 13.3 Å². The third-order valence-electron chi connectivity index (χ3n) is 2.31. The molecule has 18 heavy (non-hydrogen) atoms. The van der Waals surface area contributed by atoms with Crippen LogP contribution in [0.25, 0.3) is 0 Å². The topological polar surface area (TPSA) is 50.4 Å². The van der Waals surface area contributed by atoms with Crippen LogP contribution in [0.5, 0.6) is 0 Å². The normalized spacial score (nSPS) is 12.0. The molecule has 0 radical (unpaired) electrons. The van der Waals surface area contributed by atoms with Crippen molar-refractivity contribution in [1.82, 2.24) is 5.32 Å². The Hall–Kier alpha value is -1.33. The maximum absolute atomic E-state index is 13.3. The maximum Gasteiger partial charge on any atom is 0.319 e. The van der Waals surface area contributed by atoms with E-state index in [0.717, 1.165) is 0 Å². The molecular formula is C12H16ClFN2O2. The van der Waals surface area contributed by atoms with E-state index in [-0.39, 0.29) is 11.7 Å². The highest BCUT2D eigenvalue weighted by molar-refractivity contribution is 6.30. The number of methoxy groups -OCH3 is 1. The standard InChI is InChI=1S/C12H16ClFN2O2/c1-8(5-6-18-2)15-12(17)16-11-7-9(13)3-4-10(11)14/h3-4,7-8H,5-6H2,1-2H3,(H2,15,16,17). The van der Waals surface area contributed by atoms with E-state index in [9.17, 15) is 9.18 Å². The Morgan fingerprint density at radius 3 is 2.94 bits per heavy atom. The highest BCUT2D eigenvalue weighted by Gasteiger charge is 2.10. The molecule has 0 bridgehead atoms. The van der Waals surface area contributed by atoms with E-state index in [0.29, 0.717) is 18.1 Å². The van der Waals surface area contributed by atoms with Crippen molar-refractivity contribution in [2.75, 3.05) is 19.0 Å². The maximum atomic E-state index is 13.3. The third-order valence-corrected chi connectivity index (χ3v) is 2.54. The Morgan fingerprint density at radius 2 is 2.28 bits per heavy atom. The number of rotatable bonds is 5. The van der Waals surface area contributed by atoms with E-state index in [1.54, 1.807) is 7.11 Å². The zero-order chi connectivity index (χ0) is 13.5. The lowest BCUT2D eigenvalue weighted by Crippen LogP contribution is -2.36. The number of carbonyl (C=O) groups excluding carboxylic acids is 1. The van der Waals surface area contributed by atoms with E-state index in [1.807, 2.05) is 6.92 Å². The molecule has 1 aromatic rings. The Morgan fingerprint density at radius 1 is 1.56 bits per heavy atom. The molecule has 0 aliphatic heterocycles. The molecule has 1 unspecified atom stereocenters. The van der Waals surface area contributed by atoms with E-state index in [1.165, 1.54) is 18.2 Å². The second-order valence-corrected chi connectivity index (χ2v) is 4.34. The summed E-state index contributed by atoms with van der Waals surface area (Å²) in [5, 5.41) is 5.44. The molecule has 1 atom stereocenters. The third kappa shape index (κ3) is 4.89. The average Bonchev–Trinajstić information content (AvgIpc) is 2.31. The molecule has 2 N–H and O–H groups in total. The van der Waals surface area contributed by atoms with Gasteiger partial charge in [0.05, 0.1) is 5.69 Å². The molecular weight excluding hydrogens is 259 g/mol. The first-order valence-electron chi connectivity index (χ1n) is 5.54. The lowest BCUT2D eigenvalue weighted by Gasteiger charge is -2.14. The fourth-order valence-corrected chi connectivity index (χ4v) is 1.51. The molecule has 0 saturated carbocycles. The van der Waals surface area contributed by atoms with Crippen molar-refractivity contribution < 1.29 is 13.9 Å². The zero-order valence-corrected chi connectivity index (χ0v) is 11.1. The lowest BCUT2D eigenvalue weighted by molar-refractivity contribution is 0.185. The van der Waals surface area contributed by atoms with Gasteiger partial charge in [-0.05, 0) is 31.5 Å². The van der Waals surface area contributed by atoms with Crippen LogP contribution in [0.4, 0.5) is 14.9 Å². The Labute approximate surface area is 110 Å². The number of nitrogens with one attached hydrogen (secondary N) is 2. The molecule has 0 spiro atoms. The van der Waals surface area contributed by atoms with Crippen LogP contribution in [0.15, 0.2) is 18.2 Å². The summed E-state index contributed by atoms with van der Waals surface area (Å²) >= 11 is 5.72. The van der Waals surface area contributed by atoms with E-state index in [4.69, 9.17) is 16.3 Å². The van der Waals surface area contributed by atoms with Crippen LogP contribution in [0.3, 0.4) is 0 Å². The van der Waals surface area contributed by atoms with Gasteiger partial charge in [0, 0.05) is 24.8 Å². The summed E-state index contributed by atoms with van der Waals surface area (Å²) in [6.45, 7) is 2.39. The van der Waals surface area contributed by atoms with Crippen molar-refractivity contribution in [3.8, 4) is 0 Å². The molecule has 6 heteroatoms. The predicted octanol–water partition coefficient (Wildman–Crippen LogP) is 3.03. The van der Waals surface area contributed by atoms with Gasteiger partial charge in [-0.2, -0.15) is 0 Å². The zero-order valence-electron chi connectivity index (χ0n) is 10.3. The SMILES string of the molecule is COCCC(C)NC(=O)Nc1cc(Cl)ccc1F. The highest BCUT2D eigenvalue weighted by Crippen LogP contribution is 2.19. The predicted molar refractivity (Wildman–Crippen MR) is 69.5 cm³/mol. The second-order valence-electron chi connectivity index (χ2n) is 3.91. The molecule has 0 heterocycles. The number of amides is 2. The summed E-state index contributed by atoms with van der Waals surface area (Å²) in [6, 6.07) is 3.44. The summed E-state index contributed by atoms with van der Waals surface area (Å²) < 4.78 is 18.2. The van der Waals surface area contributed by atoms with E-state index < -0.39 is 11.8 Å². The van der Waals surface area contributed by atoms with Crippen molar-refractivity contribution in [2.45, 2.75) is 19.4 Å². The molecule has 0 aliphatic carbocycles. The monoisotopic (exact) mass is 274 g/mol. The summed E-state index contributed by atoms with van der Waals surface area (Å²) in [4.78, 5) is 11.6. The van der Waals surface area contributed by atoms with Gasteiger partial charge in [-0.25, -0.2) is 9.18 Å². The van der Waals surface area contributed by atoms with Gasteiger partial charge in [0.1, 0.15) is 5.82 Å². The van der Waals surface area contributed by atoms with Crippen LogP contribution >= 0.6 is 11.6 Å². The molecule has 1 aromatic carbocycles. The van der Waals surface area contributed by atoms with Crippen molar-refractivity contribution in [3.05, 3.63) is 29.0 Å². The summed E-state index contributed by atoms with van der Waals surface area (Å²) in [5.74, 6) is -0.529. The smallest absolute Gasteiger partial charge is 0.319 e. The van der Waals surface area contributed by atoms with Crippen LogP contribution in [-0.2, 0) is 4.74 Å². The van der Waals surface area contributed by atoms with Crippen LogP contribution in [0.2, 0.25) is 5.02 Å². The van der Waals surface area contributed by atoms with Gasteiger partial charge in [-0.3, -0.25) is 0 Å². The Kier molecular flexibility index (Phi) is 5.88. The van der Waals surface area contributed by atoms with Crippen molar-refractivity contribution in [3.63, 3.8) is 0 Å². The fraction of sp³-hybridized carbons (Fsp3) is 0.417. The molecule has 0 fully saturated rings. The van der Waals surface area contributed by atoms with Crippen molar-refractivity contribution in [1.29, 1.82) is 0 Å². The first-order valence-corrected chi connectivity index (χ1v) is 5.92. The van der Waals surface area contributed by atoms with Gasteiger partial charge < -0.3 is 15.4 Å². The molecule has 1 rings (SSSR count). The van der Waals surface area contributed by atoms with Gasteiger partial charge in [-0.15, -0.1) is 0 Å². The minimum absolute atomic E-state index is 0.0546. The number of ether oxygens (including phenoxy) is 1. The first kappa shape index (κ1) is 14.7. The molecule has 2 amide bonds. The minimum Gasteiger partial charge on any atom is -0.385 e. The molecule has 0 aromatic heterocycles. The average molecular weight is 275 g/mol. The summed E-state index contributed by atoms with van der Waals surface area (Å²) in [7, 11) is 1.59. The highest BCUT2D eigenvalue weighted by atomic mass is 35.5. The van der Waals surface area contributed by atoms with Gasteiger partial charge in [0.2, 0.25) is 0 Å². The van der Waals surface area contributed by atoms with Crippen LogP contribution in [-0.4, -0.2) is 25.8 Å². The molecule has 0 saturated heterocycles. The fourth-order valence-electron chi connectivity index (χ4n) is 1.34. The van der Waals surface area contributed by atoms with E-state index >= 15 is 0 Å². The first-order chi connectivity index (χ1) is 8.52. The van der Waals surface area contributed by atoms with Gasteiger partial charge in [0.25, 0.3) is 0 Å². The van der Waals surface area contributed by atoms with Crippen molar-refractivity contribution in [2.24, 2.45) is 0 Å². The number of hydrogen-bond donors (Lipinski definition) is 2. The second kappa shape index (κ2) is 7.18. The number of hydrogen-bond acceptors (Lipinski definition) is 2. The van der Waals surface area contributed by atoms with Crippen molar-refractivity contribution >= 4 is 23.3 Å². The number of urea groups is 1. The number of carbonyl (C=O) groups is 1. The van der Waals surface area contributed by atoms with E-state index in [2.05, 4.69) is 10.6 Å². The Balaban J connectivity index is 2.51. The lowest BCUT2D eigenvalue weighted by atomic mass is 10.2. The number of anilines is 1. The van der Waals surface area contributed by atoms with Crippen LogP contribution < -0.4 is 10.6 Å². The molecule has 0 aliphatic rings. The quantitative estimate of drug-likeness (QED) is 0.867. The summed E-state index contributed by atoms with van der Waals surface area (Å²) in [5.41, 5.74) is 0.0546. The van der Waals surface area contributed by atoms with Gasteiger partial charge in [0.15, 0.2) is 0 Å². The molecule has 4 nitrogen and oxygen atoms in total. The largest absolute Gasteiger partial charge is 0.385 e. The summed E-state index contributed by atoms with van der Waals surface area (Å²) in [6.07, 6.45) is 0.682. The number of benzene rings is 1. The minimum atomic E-state index is -0.529. The molecule has 100 valence electrons. The number of halogens is 2. The van der Waals surface area contributed by atoms with Gasteiger partial charge >= 0.3 is 6.03 Å². The van der Waals surface area contributed by atoms with Gasteiger partial charge in [-0.1, -0.05) is 11.6 Å². The Bertz CT molecular complexity index is 415. The van der Waals surface area contributed by atoms with Crippen LogP contribution in [0, 0.1) is 5.82 Å².